The average molecular weight is 573 g/mol. The van der Waals surface area contributed by atoms with Crippen LogP contribution in [0.15, 0.2) is 46.4 Å². The zero-order chi connectivity index (χ0) is 29.2. The molecule has 2 aromatic rings. The molecule has 1 aliphatic heterocycles. The second kappa shape index (κ2) is 10.6. The number of carbonyl (C=O) groups excluding carboxylic acids is 1. The Labute approximate surface area is 251 Å². The van der Waals surface area contributed by atoms with E-state index in [1.165, 1.54) is 25.7 Å². The van der Waals surface area contributed by atoms with Crippen molar-refractivity contribution in [1.82, 2.24) is 10.2 Å². The Morgan fingerprint density at radius 2 is 1.93 bits per heavy atom. The van der Waals surface area contributed by atoms with Gasteiger partial charge in [-0.2, -0.15) is 0 Å². The van der Waals surface area contributed by atoms with Gasteiger partial charge in [0.1, 0.15) is 6.10 Å². The summed E-state index contributed by atoms with van der Waals surface area (Å²) in [5.41, 5.74) is 3.16. The Morgan fingerprint density at radius 3 is 2.71 bits per heavy atom. The van der Waals surface area contributed by atoms with Crippen molar-refractivity contribution in [3.8, 4) is 11.5 Å². The summed E-state index contributed by atoms with van der Waals surface area (Å²) >= 11 is 0. The summed E-state index contributed by atoms with van der Waals surface area (Å²) in [6.45, 7) is 11.4. The van der Waals surface area contributed by atoms with E-state index < -0.39 is 0 Å². The highest BCUT2D eigenvalue weighted by Crippen LogP contribution is 2.69. The number of benzene rings is 1. The van der Waals surface area contributed by atoms with Crippen LogP contribution in [-0.2, 0) is 14.3 Å². The topological polar surface area (TPSA) is 74.5 Å². The number of aromatic nitrogens is 2. The van der Waals surface area contributed by atoms with Gasteiger partial charge in [-0.05, 0) is 104 Å². The zero-order valence-electron chi connectivity index (χ0n) is 26.1. The highest BCUT2D eigenvalue weighted by molar-refractivity contribution is 5.66. The molecule has 0 amide bonds. The van der Waals surface area contributed by atoms with E-state index in [0.29, 0.717) is 35.3 Å². The van der Waals surface area contributed by atoms with E-state index in [-0.39, 0.29) is 23.4 Å². The predicted molar refractivity (Wildman–Crippen MR) is 161 cm³/mol. The van der Waals surface area contributed by atoms with E-state index in [0.717, 1.165) is 61.3 Å². The van der Waals surface area contributed by atoms with Crippen molar-refractivity contribution >= 4 is 5.97 Å². The third kappa shape index (κ3) is 4.58. The average Bonchev–Trinajstić information content (AvgIpc) is 3.66. The van der Waals surface area contributed by atoms with Gasteiger partial charge in [-0.15, -0.1) is 10.2 Å². The van der Waals surface area contributed by atoms with Crippen molar-refractivity contribution in [2.24, 2.45) is 40.4 Å². The maximum atomic E-state index is 11.6. The van der Waals surface area contributed by atoms with Crippen LogP contribution in [0.2, 0.25) is 0 Å². The summed E-state index contributed by atoms with van der Waals surface area (Å²) in [6.07, 6.45) is 13.5. The first-order chi connectivity index (χ1) is 20.2. The molecule has 1 saturated heterocycles. The summed E-state index contributed by atoms with van der Waals surface area (Å²) < 4.78 is 18.7. The lowest BCUT2D eigenvalue weighted by molar-refractivity contribution is -0.148. The summed E-state index contributed by atoms with van der Waals surface area (Å²) in [5.74, 6) is 4.85. The Bertz CT molecular complexity index is 1340. The van der Waals surface area contributed by atoms with Crippen LogP contribution in [0.5, 0.6) is 0 Å². The van der Waals surface area contributed by atoms with Gasteiger partial charge in [0, 0.05) is 24.8 Å². The second-order valence-electron chi connectivity index (χ2n) is 14.9. The van der Waals surface area contributed by atoms with Crippen molar-refractivity contribution in [3.05, 3.63) is 47.9 Å². The van der Waals surface area contributed by atoms with Crippen molar-refractivity contribution in [2.45, 2.75) is 117 Å². The molecule has 0 bridgehead atoms. The monoisotopic (exact) mass is 572 g/mol. The van der Waals surface area contributed by atoms with Crippen molar-refractivity contribution < 1.29 is 18.7 Å². The molecule has 5 aliphatic rings. The number of rotatable bonds is 6. The Balaban J connectivity index is 1.00. The molecular weight excluding hydrogens is 524 g/mol. The number of hydrogen-bond acceptors (Lipinski definition) is 6. The molecule has 4 aliphatic carbocycles. The van der Waals surface area contributed by atoms with E-state index in [1.807, 2.05) is 30.3 Å². The largest absolute Gasteiger partial charge is 0.462 e. The van der Waals surface area contributed by atoms with Gasteiger partial charge in [0.2, 0.25) is 11.8 Å². The fourth-order valence-electron chi connectivity index (χ4n) is 10.6. The van der Waals surface area contributed by atoms with Crippen molar-refractivity contribution in [1.29, 1.82) is 0 Å². The molecular formula is C36H48N2O4. The molecule has 1 aromatic heterocycles. The third-order valence-corrected chi connectivity index (χ3v) is 12.7. The van der Waals surface area contributed by atoms with Gasteiger partial charge in [0.15, 0.2) is 0 Å². The van der Waals surface area contributed by atoms with E-state index in [9.17, 15) is 4.79 Å². The van der Waals surface area contributed by atoms with Gasteiger partial charge in [-0.1, -0.05) is 57.5 Å². The molecule has 6 heteroatoms. The quantitative estimate of drug-likeness (QED) is 0.257. The Morgan fingerprint density at radius 1 is 1.12 bits per heavy atom. The minimum absolute atomic E-state index is 0.0673. The van der Waals surface area contributed by atoms with Crippen molar-refractivity contribution in [3.63, 3.8) is 0 Å². The van der Waals surface area contributed by atoms with Crippen LogP contribution in [0.4, 0.5) is 0 Å². The van der Waals surface area contributed by atoms with Crippen LogP contribution in [0.25, 0.3) is 11.5 Å². The molecule has 6 nitrogen and oxygen atoms in total. The SMILES string of the molecule is CC(=O)O[C@H]1CC[C@@]2(C)C(=CC[C@H]3[C@@H]4C[C@@H]5O[C@H](CC[C@@H](C)c6nnc(-c7ccccc7)o6)[C@@H](C)[C@@H]5[C@@]4(C)CC[C@@H]32)C1. The molecule has 4 fully saturated rings. The summed E-state index contributed by atoms with van der Waals surface area (Å²) in [5, 5.41) is 8.69. The second-order valence-corrected chi connectivity index (χ2v) is 14.9. The highest BCUT2D eigenvalue weighted by atomic mass is 16.5. The van der Waals surface area contributed by atoms with E-state index in [2.05, 4.69) is 44.0 Å². The molecule has 0 unspecified atom stereocenters. The van der Waals surface area contributed by atoms with Gasteiger partial charge >= 0.3 is 5.97 Å². The summed E-state index contributed by atoms with van der Waals surface area (Å²) in [4.78, 5) is 11.6. The number of esters is 1. The number of nitrogens with zero attached hydrogens (tertiary/aromatic N) is 2. The normalized spacial score (nSPS) is 41.2. The molecule has 7 rings (SSSR count). The first-order valence-corrected chi connectivity index (χ1v) is 16.6. The number of ether oxygens (including phenoxy) is 2. The van der Waals surface area contributed by atoms with Crippen LogP contribution in [0, 0.1) is 40.4 Å². The highest BCUT2D eigenvalue weighted by Gasteiger charge is 2.65. The summed E-state index contributed by atoms with van der Waals surface area (Å²) in [7, 11) is 0. The molecule has 42 heavy (non-hydrogen) atoms. The van der Waals surface area contributed by atoms with Crippen molar-refractivity contribution in [2.75, 3.05) is 0 Å². The first kappa shape index (κ1) is 28.3. The number of carbonyl (C=O) groups is 1. The predicted octanol–water partition coefficient (Wildman–Crippen LogP) is 8.14. The molecule has 0 spiro atoms. The van der Waals surface area contributed by atoms with Gasteiger partial charge in [0.25, 0.3) is 0 Å². The van der Waals surface area contributed by atoms with E-state index in [1.54, 1.807) is 12.5 Å². The fraction of sp³-hybridized carbons (Fsp3) is 0.694. The van der Waals surface area contributed by atoms with E-state index in [4.69, 9.17) is 13.9 Å². The smallest absolute Gasteiger partial charge is 0.302 e. The lowest BCUT2D eigenvalue weighted by atomic mass is 9.47. The number of allylic oxidation sites excluding steroid dienone is 1. The molecule has 0 radical (unpaired) electrons. The maximum Gasteiger partial charge on any atom is 0.302 e. The van der Waals surface area contributed by atoms with Crippen LogP contribution < -0.4 is 0 Å². The van der Waals surface area contributed by atoms with Crippen LogP contribution >= 0.6 is 0 Å². The van der Waals surface area contributed by atoms with Gasteiger partial charge in [-0.25, -0.2) is 0 Å². The number of fused-ring (bicyclic) bond motifs is 7. The van der Waals surface area contributed by atoms with E-state index >= 15 is 0 Å². The van der Waals surface area contributed by atoms with Crippen LogP contribution in [0.1, 0.15) is 104 Å². The Kier molecular flexibility index (Phi) is 7.15. The minimum Gasteiger partial charge on any atom is -0.462 e. The van der Waals surface area contributed by atoms with Gasteiger partial charge < -0.3 is 13.9 Å². The minimum atomic E-state index is -0.141. The molecule has 226 valence electrons. The lowest BCUT2D eigenvalue weighted by Gasteiger charge is -2.58. The molecule has 0 N–H and O–H groups in total. The fourth-order valence-corrected chi connectivity index (χ4v) is 10.6. The van der Waals surface area contributed by atoms with Gasteiger partial charge in [0.05, 0.1) is 12.2 Å². The van der Waals surface area contributed by atoms with Gasteiger partial charge in [-0.3, -0.25) is 4.79 Å². The number of hydrogen-bond donors (Lipinski definition) is 0. The summed E-state index contributed by atoms with van der Waals surface area (Å²) in [6, 6.07) is 10.0. The maximum absolute atomic E-state index is 11.6. The third-order valence-electron chi connectivity index (χ3n) is 12.7. The first-order valence-electron chi connectivity index (χ1n) is 16.6. The van der Waals surface area contributed by atoms with Crippen LogP contribution in [-0.4, -0.2) is 34.5 Å². The zero-order valence-corrected chi connectivity index (χ0v) is 26.1. The molecule has 3 saturated carbocycles. The lowest BCUT2D eigenvalue weighted by Crippen LogP contribution is -2.51. The standard InChI is InChI=1S/C36H48N2O4/c1-21(33-37-38-34(42-33)24-9-7-6-8-10-24)11-14-30-22(2)32-31(41-30)20-29-27-13-12-25-19-26(40-23(3)39)15-17-35(25,4)28(27)16-18-36(29,32)5/h6-10,12,21-22,26-32H,11,13-20H2,1-5H3/t21-,22-,26+,27-,28+,29+,30-,31+,32+,35+,36+/m1/s1. The van der Waals surface area contributed by atoms with Crippen LogP contribution in [0.3, 0.4) is 0 Å². The Hall–Kier alpha value is -2.47. The molecule has 2 heterocycles. The molecule has 1 aromatic carbocycles. The molecule has 11 atom stereocenters.